The fraction of sp³-hybridized carbons (Fsp3) is 0. The van der Waals surface area contributed by atoms with Crippen LogP contribution in [0.1, 0.15) is 15.9 Å². The van der Waals surface area contributed by atoms with Gasteiger partial charge >= 0.3 is 0 Å². The summed E-state index contributed by atoms with van der Waals surface area (Å²) in [6, 6.07) is 10.9. The molecule has 0 aliphatic heterocycles. The van der Waals surface area contributed by atoms with E-state index in [1.807, 2.05) is 0 Å². The second kappa shape index (κ2) is 7.38. The van der Waals surface area contributed by atoms with Crippen LogP contribution in [0.5, 0.6) is 0 Å². The van der Waals surface area contributed by atoms with Crippen molar-refractivity contribution in [3.63, 3.8) is 0 Å². The van der Waals surface area contributed by atoms with Gasteiger partial charge in [0.15, 0.2) is 10.9 Å². The molecule has 0 atom stereocenters. The first-order valence-electron chi connectivity index (χ1n) is 7.98. The van der Waals surface area contributed by atoms with E-state index < -0.39 is 11.7 Å². The number of carbonyl (C=O) groups excluding carboxylic acids is 1. The summed E-state index contributed by atoms with van der Waals surface area (Å²) in [7, 11) is 0. The van der Waals surface area contributed by atoms with Crippen LogP contribution in [-0.2, 0) is 0 Å². The molecule has 1 amide bonds. The van der Waals surface area contributed by atoms with E-state index >= 15 is 0 Å². The summed E-state index contributed by atoms with van der Waals surface area (Å²) < 4.78 is 18.3. The molecule has 4 rings (SSSR count). The molecule has 0 aliphatic rings. The third-order valence-corrected chi connectivity index (χ3v) is 4.57. The topological polar surface area (TPSA) is 105 Å². The zero-order valence-corrected chi connectivity index (χ0v) is 14.9. The van der Waals surface area contributed by atoms with Crippen molar-refractivity contribution in [3.05, 3.63) is 71.1 Å². The highest BCUT2D eigenvalue weighted by Gasteiger charge is 2.20. The molecule has 0 saturated heterocycles. The number of aromatic nitrogens is 3. The zero-order valence-electron chi connectivity index (χ0n) is 14.1. The van der Waals surface area contributed by atoms with Gasteiger partial charge in [0.05, 0.1) is 11.8 Å². The average Bonchev–Trinajstić information content (AvgIpc) is 3.38. The molecule has 0 radical (unpaired) electrons. The van der Waals surface area contributed by atoms with Gasteiger partial charge in [-0.25, -0.2) is 9.37 Å². The first-order chi connectivity index (χ1) is 13.7. The largest absolute Gasteiger partial charge is 0.355 e. The minimum absolute atomic E-state index is 0.193. The second-order valence-electron chi connectivity index (χ2n) is 5.58. The first-order valence-corrected chi connectivity index (χ1v) is 8.86. The highest BCUT2D eigenvalue weighted by molar-refractivity contribution is 7.14. The van der Waals surface area contributed by atoms with Crippen LogP contribution in [0.15, 0.2) is 58.7 Å². The molecule has 4 aromatic rings. The Bertz CT molecular complexity index is 1190. The standard InChI is InChI=1S/C19H10FN5O2S/c20-13-5-3-11(4-6-13)17-14(9-23-27-17)18(26)25-19-24-15(10-28-19)16-12(8-21)2-1-7-22-16/h1-7,9-10H,(H,24,25,26). The third kappa shape index (κ3) is 3.36. The van der Waals surface area contributed by atoms with Crippen LogP contribution in [-0.4, -0.2) is 21.0 Å². The van der Waals surface area contributed by atoms with Crippen molar-refractivity contribution >= 4 is 22.4 Å². The number of nitriles is 1. The van der Waals surface area contributed by atoms with Crippen LogP contribution in [0.4, 0.5) is 9.52 Å². The summed E-state index contributed by atoms with van der Waals surface area (Å²) in [6.07, 6.45) is 2.86. The molecule has 28 heavy (non-hydrogen) atoms. The Morgan fingerprint density at radius 3 is 2.86 bits per heavy atom. The van der Waals surface area contributed by atoms with Crippen molar-refractivity contribution in [2.45, 2.75) is 0 Å². The van der Waals surface area contributed by atoms with Gasteiger partial charge in [0.1, 0.15) is 28.8 Å². The van der Waals surface area contributed by atoms with Gasteiger partial charge in [0.2, 0.25) is 0 Å². The Labute approximate surface area is 162 Å². The normalized spacial score (nSPS) is 10.4. The molecule has 3 aromatic heterocycles. The fourth-order valence-electron chi connectivity index (χ4n) is 2.51. The number of anilines is 1. The molecule has 136 valence electrons. The van der Waals surface area contributed by atoms with E-state index in [1.54, 1.807) is 23.7 Å². The number of rotatable bonds is 4. The molecule has 7 nitrogen and oxygen atoms in total. The lowest BCUT2D eigenvalue weighted by atomic mass is 10.1. The van der Waals surface area contributed by atoms with Crippen LogP contribution in [0.3, 0.4) is 0 Å². The van der Waals surface area contributed by atoms with Gasteiger partial charge in [0, 0.05) is 17.1 Å². The van der Waals surface area contributed by atoms with E-state index in [0.717, 1.165) is 0 Å². The Kier molecular flexibility index (Phi) is 4.62. The summed E-state index contributed by atoms with van der Waals surface area (Å²) in [6.45, 7) is 0. The van der Waals surface area contributed by atoms with Crippen molar-refractivity contribution in [3.8, 4) is 28.8 Å². The van der Waals surface area contributed by atoms with Crippen molar-refractivity contribution in [1.29, 1.82) is 5.26 Å². The molecular formula is C19H10FN5O2S. The van der Waals surface area contributed by atoms with Crippen LogP contribution < -0.4 is 5.32 Å². The zero-order chi connectivity index (χ0) is 19.5. The van der Waals surface area contributed by atoms with Gasteiger partial charge in [-0.1, -0.05) is 5.16 Å². The summed E-state index contributed by atoms with van der Waals surface area (Å²) in [5.74, 6) is -0.635. The molecule has 0 saturated carbocycles. The molecular weight excluding hydrogens is 381 g/mol. The minimum atomic E-state index is -0.469. The van der Waals surface area contributed by atoms with E-state index in [-0.39, 0.29) is 11.3 Å². The number of halogens is 1. The van der Waals surface area contributed by atoms with Crippen LogP contribution in [0.25, 0.3) is 22.7 Å². The number of hydrogen-bond acceptors (Lipinski definition) is 7. The first kappa shape index (κ1) is 17.5. The van der Waals surface area contributed by atoms with Crippen molar-refractivity contribution < 1.29 is 13.7 Å². The van der Waals surface area contributed by atoms with Gasteiger partial charge < -0.3 is 4.52 Å². The molecule has 1 aromatic carbocycles. The number of benzene rings is 1. The number of nitrogens with zero attached hydrogens (tertiary/aromatic N) is 4. The fourth-order valence-corrected chi connectivity index (χ4v) is 3.21. The molecule has 0 unspecified atom stereocenters. The van der Waals surface area contributed by atoms with Gasteiger partial charge in [0.25, 0.3) is 5.91 Å². The Morgan fingerprint density at radius 1 is 1.25 bits per heavy atom. The smallest absolute Gasteiger partial charge is 0.263 e. The average molecular weight is 391 g/mol. The van der Waals surface area contributed by atoms with Gasteiger partial charge in [-0.2, -0.15) is 5.26 Å². The predicted molar refractivity (Wildman–Crippen MR) is 99.9 cm³/mol. The maximum absolute atomic E-state index is 13.1. The number of nitrogens with one attached hydrogen (secondary N) is 1. The van der Waals surface area contributed by atoms with E-state index in [9.17, 15) is 14.4 Å². The number of pyridine rings is 1. The summed E-state index contributed by atoms with van der Waals surface area (Å²) in [5, 5.41) is 17.6. The summed E-state index contributed by atoms with van der Waals surface area (Å²) >= 11 is 1.20. The number of amides is 1. The highest BCUT2D eigenvalue weighted by Crippen LogP contribution is 2.28. The number of hydrogen-bond donors (Lipinski definition) is 1. The van der Waals surface area contributed by atoms with Gasteiger partial charge in [-0.05, 0) is 36.4 Å². The number of thiazole rings is 1. The summed E-state index contributed by atoms with van der Waals surface area (Å²) in [5.41, 5.74) is 2.04. The lowest BCUT2D eigenvalue weighted by molar-refractivity contribution is 0.102. The SMILES string of the molecule is N#Cc1cccnc1-c1csc(NC(=O)c2cnoc2-c2ccc(F)cc2)n1. The second-order valence-corrected chi connectivity index (χ2v) is 6.44. The lowest BCUT2D eigenvalue weighted by Gasteiger charge is -2.02. The van der Waals surface area contributed by atoms with Crippen LogP contribution >= 0.6 is 11.3 Å². The number of carbonyl (C=O) groups is 1. The van der Waals surface area contributed by atoms with Crippen molar-refractivity contribution in [2.24, 2.45) is 0 Å². The quantitative estimate of drug-likeness (QED) is 0.561. The van der Waals surface area contributed by atoms with E-state index in [2.05, 4.69) is 26.5 Å². The molecule has 0 aliphatic carbocycles. The lowest BCUT2D eigenvalue weighted by Crippen LogP contribution is -2.11. The monoisotopic (exact) mass is 391 g/mol. The molecule has 3 heterocycles. The molecule has 0 bridgehead atoms. The van der Waals surface area contributed by atoms with E-state index in [0.29, 0.717) is 27.6 Å². The summed E-state index contributed by atoms with van der Waals surface area (Å²) in [4.78, 5) is 21.1. The predicted octanol–water partition coefficient (Wildman–Crippen LogP) is 4.12. The van der Waals surface area contributed by atoms with Crippen LogP contribution in [0, 0.1) is 17.1 Å². The Hall–Kier alpha value is -3.90. The molecule has 0 spiro atoms. The molecule has 1 N–H and O–H groups in total. The maximum atomic E-state index is 13.1. The molecule has 0 fully saturated rings. The van der Waals surface area contributed by atoms with Crippen LogP contribution in [0.2, 0.25) is 0 Å². The third-order valence-electron chi connectivity index (χ3n) is 3.82. The van der Waals surface area contributed by atoms with Crippen molar-refractivity contribution in [2.75, 3.05) is 5.32 Å². The van der Waals surface area contributed by atoms with Gasteiger partial charge in [-0.3, -0.25) is 15.1 Å². The Balaban J connectivity index is 1.58. The minimum Gasteiger partial charge on any atom is -0.355 e. The molecule has 9 heteroatoms. The highest BCUT2D eigenvalue weighted by atomic mass is 32.1. The Morgan fingerprint density at radius 2 is 2.07 bits per heavy atom. The van der Waals surface area contributed by atoms with Crippen molar-refractivity contribution in [1.82, 2.24) is 15.1 Å². The van der Waals surface area contributed by atoms with E-state index in [4.69, 9.17) is 4.52 Å². The van der Waals surface area contributed by atoms with Gasteiger partial charge in [-0.15, -0.1) is 11.3 Å². The van der Waals surface area contributed by atoms with E-state index in [1.165, 1.54) is 41.8 Å². The maximum Gasteiger partial charge on any atom is 0.263 e.